The maximum Gasteiger partial charge on any atom is 0.141 e. The van der Waals surface area contributed by atoms with E-state index in [4.69, 9.17) is 11.6 Å². The van der Waals surface area contributed by atoms with Crippen LogP contribution in [-0.2, 0) is 7.05 Å². The van der Waals surface area contributed by atoms with Crippen molar-refractivity contribution in [2.24, 2.45) is 7.05 Å². The Morgan fingerprint density at radius 3 is 2.85 bits per heavy atom. The second kappa shape index (κ2) is 6.29. The summed E-state index contributed by atoms with van der Waals surface area (Å²) >= 11 is 8.11. The first-order valence-electron chi connectivity index (χ1n) is 8.21. The summed E-state index contributed by atoms with van der Waals surface area (Å²) in [5.41, 5.74) is 6.35. The largest absolute Gasteiger partial charge is 0.340 e. The van der Waals surface area contributed by atoms with Crippen molar-refractivity contribution >= 4 is 55.6 Å². The average Bonchev–Trinajstić information content (AvgIpc) is 3.30. The van der Waals surface area contributed by atoms with Crippen LogP contribution in [0.4, 0.5) is 11.5 Å². The van der Waals surface area contributed by atoms with Crippen molar-refractivity contribution in [2.45, 2.75) is 0 Å². The minimum Gasteiger partial charge on any atom is -0.340 e. The number of hydrogen-bond acceptors (Lipinski definition) is 6. The molecule has 0 aliphatic rings. The van der Waals surface area contributed by atoms with Crippen LogP contribution in [0, 0.1) is 0 Å². The highest BCUT2D eigenvalue weighted by molar-refractivity contribution is 7.16. The van der Waals surface area contributed by atoms with Crippen molar-refractivity contribution in [1.29, 1.82) is 0 Å². The zero-order valence-electron chi connectivity index (χ0n) is 14.2. The molecule has 0 fully saturated rings. The summed E-state index contributed by atoms with van der Waals surface area (Å²) in [7, 11) is 1.88. The van der Waals surface area contributed by atoms with E-state index >= 15 is 0 Å². The number of thiazole rings is 1. The number of rotatable bonds is 3. The first-order chi connectivity index (χ1) is 13.2. The Morgan fingerprint density at radius 2 is 2.00 bits per heavy atom. The van der Waals surface area contributed by atoms with Gasteiger partial charge in [-0.1, -0.05) is 11.6 Å². The average molecular weight is 393 g/mol. The van der Waals surface area contributed by atoms with Gasteiger partial charge in [0.1, 0.15) is 12.1 Å². The number of aromatic nitrogens is 5. The molecule has 0 saturated heterocycles. The van der Waals surface area contributed by atoms with Crippen LogP contribution in [0.15, 0.2) is 54.6 Å². The van der Waals surface area contributed by atoms with Gasteiger partial charge in [0, 0.05) is 35.4 Å². The summed E-state index contributed by atoms with van der Waals surface area (Å²) in [6.45, 7) is 0. The van der Waals surface area contributed by atoms with Crippen molar-refractivity contribution in [2.75, 3.05) is 5.32 Å². The maximum absolute atomic E-state index is 6.49. The van der Waals surface area contributed by atoms with Gasteiger partial charge in [0.25, 0.3) is 0 Å². The fraction of sp³-hybridized carbons (Fsp3) is 0.0526. The predicted molar refractivity (Wildman–Crippen MR) is 110 cm³/mol. The predicted octanol–water partition coefficient (Wildman–Crippen LogP) is 5.04. The van der Waals surface area contributed by atoms with E-state index in [0.717, 1.165) is 43.8 Å². The van der Waals surface area contributed by atoms with Crippen molar-refractivity contribution in [1.82, 2.24) is 24.7 Å². The van der Waals surface area contributed by atoms with Crippen LogP contribution < -0.4 is 5.32 Å². The fourth-order valence-electron chi connectivity index (χ4n) is 3.03. The van der Waals surface area contributed by atoms with Crippen LogP contribution in [0.1, 0.15) is 0 Å². The van der Waals surface area contributed by atoms with Crippen LogP contribution in [0.2, 0.25) is 5.02 Å². The van der Waals surface area contributed by atoms with Crippen LogP contribution in [0.25, 0.3) is 32.2 Å². The molecule has 5 rings (SSSR count). The number of anilines is 2. The highest BCUT2D eigenvalue weighted by Crippen LogP contribution is 2.34. The Balaban J connectivity index is 1.63. The van der Waals surface area contributed by atoms with Gasteiger partial charge >= 0.3 is 0 Å². The van der Waals surface area contributed by atoms with Gasteiger partial charge < -0.3 is 5.32 Å². The first kappa shape index (κ1) is 16.2. The van der Waals surface area contributed by atoms with E-state index in [9.17, 15) is 0 Å². The number of nitrogens with one attached hydrogen (secondary N) is 1. The molecular formula is C19H13ClN6S. The number of halogens is 1. The lowest BCUT2D eigenvalue weighted by Crippen LogP contribution is -1.96. The molecule has 3 heterocycles. The third kappa shape index (κ3) is 2.90. The molecule has 0 amide bonds. The highest BCUT2D eigenvalue weighted by atomic mass is 35.5. The molecule has 0 saturated carbocycles. The van der Waals surface area contributed by atoms with Crippen molar-refractivity contribution in [3.8, 4) is 11.1 Å². The van der Waals surface area contributed by atoms with Gasteiger partial charge in [-0.3, -0.25) is 4.68 Å². The number of fused-ring (bicyclic) bond motifs is 2. The summed E-state index contributed by atoms with van der Waals surface area (Å²) in [6, 6.07) is 9.94. The first-order valence-corrected chi connectivity index (χ1v) is 9.47. The number of nitrogens with zero attached hydrogens (tertiary/aromatic N) is 5. The molecule has 0 aliphatic heterocycles. The quantitative estimate of drug-likeness (QED) is 0.466. The Morgan fingerprint density at radius 1 is 1.07 bits per heavy atom. The van der Waals surface area contributed by atoms with Crippen LogP contribution in [0.3, 0.4) is 0 Å². The van der Waals surface area contributed by atoms with E-state index in [-0.39, 0.29) is 0 Å². The maximum atomic E-state index is 6.49. The van der Waals surface area contributed by atoms with Crippen molar-refractivity contribution in [3.05, 3.63) is 59.6 Å². The second-order valence-electron chi connectivity index (χ2n) is 6.13. The van der Waals surface area contributed by atoms with Crippen LogP contribution in [0.5, 0.6) is 0 Å². The van der Waals surface area contributed by atoms with Gasteiger partial charge in [-0.2, -0.15) is 5.10 Å². The molecule has 0 bridgehead atoms. The lowest BCUT2D eigenvalue weighted by atomic mass is 10.1. The van der Waals surface area contributed by atoms with E-state index < -0.39 is 0 Å². The Kier molecular flexibility index (Phi) is 3.77. The standard InChI is InChI=1S/C19H13ClN6S/c1-26-8-11(7-24-26)13-5-14-16(6-15(13)20)21-9-22-19(14)25-12-2-3-18-17(4-12)23-10-27-18/h2-10H,1H3,(H,21,22,25). The van der Waals surface area contributed by atoms with Crippen molar-refractivity contribution in [3.63, 3.8) is 0 Å². The molecule has 5 aromatic rings. The molecule has 0 atom stereocenters. The van der Waals surface area contributed by atoms with Gasteiger partial charge in [-0.05, 0) is 30.3 Å². The summed E-state index contributed by atoms with van der Waals surface area (Å²) in [4.78, 5) is 13.2. The molecule has 8 heteroatoms. The Hall–Kier alpha value is -3.03. The summed E-state index contributed by atoms with van der Waals surface area (Å²) in [5.74, 6) is 0.719. The summed E-state index contributed by atoms with van der Waals surface area (Å²) in [6.07, 6.45) is 5.26. The molecule has 0 radical (unpaired) electrons. The fourth-order valence-corrected chi connectivity index (χ4v) is 3.96. The van der Waals surface area contributed by atoms with Crippen molar-refractivity contribution < 1.29 is 0 Å². The molecule has 27 heavy (non-hydrogen) atoms. The third-order valence-electron chi connectivity index (χ3n) is 4.33. The Bertz CT molecular complexity index is 1290. The molecule has 0 spiro atoms. The molecule has 6 nitrogen and oxygen atoms in total. The molecule has 2 aromatic carbocycles. The SMILES string of the molecule is Cn1cc(-c2cc3c(Nc4ccc5scnc5c4)ncnc3cc2Cl)cn1. The van der Waals surface area contributed by atoms with Gasteiger partial charge in [0.15, 0.2) is 0 Å². The van der Waals surface area contributed by atoms with E-state index in [1.165, 1.54) is 6.33 Å². The molecule has 132 valence electrons. The van der Waals surface area contributed by atoms with E-state index in [1.54, 1.807) is 22.2 Å². The van der Waals surface area contributed by atoms with E-state index in [1.807, 2.05) is 43.0 Å². The second-order valence-corrected chi connectivity index (χ2v) is 7.43. The number of benzene rings is 2. The molecule has 3 aromatic heterocycles. The van der Waals surface area contributed by atoms with Crippen LogP contribution >= 0.6 is 22.9 Å². The van der Waals surface area contributed by atoms with Crippen LogP contribution in [-0.4, -0.2) is 24.7 Å². The monoisotopic (exact) mass is 392 g/mol. The number of aryl methyl sites for hydroxylation is 1. The summed E-state index contributed by atoms with van der Waals surface area (Å²) < 4.78 is 2.90. The molecule has 0 aliphatic carbocycles. The number of hydrogen-bond donors (Lipinski definition) is 1. The summed E-state index contributed by atoms with van der Waals surface area (Å²) in [5, 5.41) is 9.13. The van der Waals surface area contributed by atoms with E-state index in [2.05, 4.69) is 31.4 Å². The smallest absolute Gasteiger partial charge is 0.141 e. The van der Waals surface area contributed by atoms with Gasteiger partial charge in [0.05, 0.1) is 32.5 Å². The molecule has 1 N–H and O–H groups in total. The normalized spacial score (nSPS) is 11.3. The lowest BCUT2D eigenvalue weighted by molar-refractivity contribution is 0.768. The molecular weight excluding hydrogens is 380 g/mol. The minimum absolute atomic E-state index is 0.629. The minimum atomic E-state index is 0.629. The third-order valence-corrected chi connectivity index (χ3v) is 5.46. The zero-order valence-corrected chi connectivity index (χ0v) is 15.8. The Labute approximate surface area is 163 Å². The molecule has 0 unspecified atom stereocenters. The van der Waals surface area contributed by atoms with E-state index in [0.29, 0.717) is 5.02 Å². The topological polar surface area (TPSA) is 68.5 Å². The lowest BCUT2D eigenvalue weighted by Gasteiger charge is -2.10. The van der Waals surface area contributed by atoms with Gasteiger partial charge in [0.2, 0.25) is 0 Å². The highest BCUT2D eigenvalue weighted by Gasteiger charge is 2.12. The van der Waals surface area contributed by atoms with Gasteiger partial charge in [-0.15, -0.1) is 11.3 Å². The van der Waals surface area contributed by atoms with Gasteiger partial charge in [-0.25, -0.2) is 15.0 Å². The zero-order chi connectivity index (χ0) is 18.4.